The van der Waals surface area contributed by atoms with Crippen LogP contribution in [-0.4, -0.2) is 67.4 Å². The van der Waals surface area contributed by atoms with Crippen LogP contribution in [0.2, 0.25) is 0 Å². The molecule has 4 heteroatoms. The summed E-state index contributed by atoms with van der Waals surface area (Å²) in [6.45, 7) is 5.59. The number of aliphatic hydroxyl groups is 1. The van der Waals surface area contributed by atoms with Crippen LogP contribution in [-0.2, 0) is 0 Å². The van der Waals surface area contributed by atoms with Crippen LogP contribution in [0.25, 0.3) is 0 Å². The van der Waals surface area contributed by atoms with E-state index in [9.17, 15) is 5.11 Å². The summed E-state index contributed by atoms with van der Waals surface area (Å²) < 4.78 is 5.79. The number of β-amino-alcohol motifs (C(OH)–C–C–N with tert-alkyl or cyclic N) is 1. The van der Waals surface area contributed by atoms with E-state index in [2.05, 4.69) is 43.0 Å². The van der Waals surface area contributed by atoms with Gasteiger partial charge >= 0.3 is 0 Å². The molecule has 0 saturated carbocycles. The van der Waals surface area contributed by atoms with Gasteiger partial charge in [-0.15, -0.1) is 0 Å². The van der Waals surface area contributed by atoms with Gasteiger partial charge < -0.3 is 14.7 Å². The highest BCUT2D eigenvalue weighted by Crippen LogP contribution is 2.19. The highest BCUT2D eigenvalue weighted by atomic mass is 16.5. The van der Waals surface area contributed by atoms with Crippen molar-refractivity contribution >= 4 is 0 Å². The zero-order valence-corrected chi connectivity index (χ0v) is 13.5. The second kappa shape index (κ2) is 7.78. The smallest absolute Gasteiger partial charge is 0.119 e. The standard InChI is InChI=1S/C17H28N2O2/c1-14-6-4-7-17(10-14)21-9-5-8-19-13-16(20)11-15(19)12-18(2)3/h4,6-7,10,15-16,20H,5,8-9,11-13H2,1-3H3. The van der Waals surface area contributed by atoms with E-state index in [0.29, 0.717) is 6.04 Å². The van der Waals surface area contributed by atoms with Gasteiger partial charge in [0.05, 0.1) is 12.7 Å². The summed E-state index contributed by atoms with van der Waals surface area (Å²) in [7, 11) is 4.17. The largest absolute Gasteiger partial charge is 0.494 e. The molecule has 0 bridgehead atoms. The molecule has 0 amide bonds. The molecule has 1 fully saturated rings. The van der Waals surface area contributed by atoms with Crippen molar-refractivity contribution in [3.8, 4) is 5.75 Å². The number of aliphatic hydroxyl groups excluding tert-OH is 1. The van der Waals surface area contributed by atoms with Crippen molar-refractivity contribution in [2.45, 2.75) is 31.9 Å². The zero-order valence-electron chi connectivity index (χ0n) is 13.5. The van der Waals surface area contributed by atoms with E-state index in [4.69, 9.17) is 4.74 Å². The minimum atomic E-state index is -0.173. The molecule has 1 aliphatic heterocycles. The van der Waals surface area contributed by atoms with E-state index in [0.717, 1.165) is 44.8 Å². The highest BCUT2D eigenvalue weighted by molar-refractivity contribution is 5.27. The summed E-state index contributed by atoms with van der Waals surface area (Å²) in [6.07, 6.45) is 1.70. The molecule has 0 aliphatic carbocycles. The first kappa shape index (κ1) is 16.3. The molecular formula is C17H28N2O2. The summed E-state index contributed by atoms with van der Waals surface area (Å²) in [4.78, 5) is 4.59. The summed E-state index contributed by atoms with van der Waals surface area (Å²) >= 11 is 0. The Hall–Kier alpha value is -1.10. The monoisotopic (exact) mass is 292 g/mol. The number of nitrogens with zero attached hydrogens (tertiary/aromatic N) is 2. The van der Waals surface area contributed by atoms with E-state index in [1.165, 1.54) is 5.56 Å². The molecule has 1 aromatic rings. The van der Waals surface area contributed by atoms with Gasteiger partial charge in [-0.25, -0.2) is 0 Å². The molecule has 1 aromatic carbocycles. The lowest BCUT2D eigenvalue weighted by Crippen LogP contribution is -2.38. The van der Waals surface area contributed by atoms with Crippen molar-refractivity contribution in [2.24, 2.45) is 0 Å². The van der Waals surface area contributed by atoms with Crippen molar-refractivity contribution in [2.75, 3.05) is 40.3 Å². The Balaban J connectivity index is 1.72. The molecule has 21 heavy (non-hydrogen) atoms. The summed E-state index contributed by atoms with van der Waals surface area (Å²) in [5.41, 5.74) is 1.22. The Morgan fingerprint density at radius 1 is 1.38 bits per heavy atom. The Morgan fingerprint density at radius 2 is 2.19 bits per heavy atom. The lowest BCUT2D eigenvalue weighted by atomic mass is 10.2. The normalized spacial score (nSPS) is 22.9. The molecule has 2 unspecified atom stereocenters. The Bertz CT molecular complexity index is 437. The average molecular weight is 292 g/mol. The van der Waals surface area contributed by atoms with Crippen LogP contribution in [0.1, 0.15) is 18.4 Å². The molecule has 1 heterocycles. The Labute approximate surface area is 128 Å². The van der Waals surface area contributed by atoms with E-state index >= 15 is 0 Å². The van der Waals surface area contributed by atoms with Crippen LogP contribution in [0.3, 0.4) is 0 Å². The van der Waals surface area contributed by atoms with Crippen molar-refractivity contribution < 1.29 is 9.84 Å². The molecule has 1 saturated heterocycles. The van der Waals surface area contributed by atoms with Crippen molar-refractivity contribution in [3.63, 3.8) is 0 Å². The van der Waals surface area contributed by atoms with E-state index in [-0.39, 0.29) is 6.10 Å². The molecule has 0 aromatic heterocycles. The van der Waals surface area contributed by atoms with Crippen LogP contribution in [0, 0.1) is 6.92 Å². The third kappa shape index (κ3) is 5.30. The average Bonchev–Trinajstić information content (AvgIpc) is 2.74. The zero-order chi connectivity index (χ0) is 15.2. The first-order chi connectivity index (χ1) is 10.0. The Kier molecular flexibility index (Phi) is 6.03. The fourth-order valence-corrected chi connectivity index (χ4v) is 3.01. The first-order valence-electron chi connectivity index (χ1n) is 7.81. The molecule has 0 spiro atoms. The molecule has 1 N–H and O–H groups in total. The fourth-order valence-electron chi connectivity index (χ4n) is 3.01. The first-order valence-corrected chi connectivity index (χ1v) is 7.81. The van der Waals surface area contributed by atoms with Crippen LogP contribution in [0.4, 0.5) is 0 Å². The van der Waals surface area contributed by atoms with Crippen LogP contribution < -0.4 is 4.74 Å². The third-order valence-electron chi connectivity index (χ3n) is 3.93. The Morgan fingerprint density at radius 3 is 2.90 bits per heavy atom. The lowest BCUT2D eigenvalue weighted by Gasteiger charge is -2.26. The number of rotatable bonds is 7. The van der Waals surface area contributed by atoms with E-state index < -0.39 is 0 Å². The molecule has 1 aliphatic rings. The predicted octanol–water partition coefficient (Wildman–Crippen LogP) is 1.76. The maximum atomic E-state index is 9.86. The molecule has 118 valence electrons. The summed E-state index contributed by atoms with van der Waals surface area (Å²) in [5.74, 6) is 0.946. The van der Waals surface area contributed by atoms with Crippen LogP contribution in [0.5, 0.6) is 5.75 Å². The number of benzene rings is 1. The molecule has 0 radical (unpaired) electrons. The summed E-state index contributed by atoms with van der Waals surface area (Å²) in [6, 6.07) is 8.63. The molecule has 2 rings (SSSR count). The van der Waals surface area contributed by atoms with Gasteiger partial charge in [0.25, 0.3) is 0 Å². The van der Waals surface area contributed by atoms with Gasteiger partial charge in [0, 0.05) is 25.7 Å². The number of likely N-dealkylation sites (N-methyl/N-ethyl adjacent to an activating group) is 1. The third-order valence-corrected chi connectivity index (χ3v) is 3.93. The minimum Gasteiger partial charge on any atom is -0.494 e. The van der Waals surface area contributed by atoms with Gasteiger partial charge in [-0.05, 0) is 51.6 Å². The SMILES string of the molecule is Cc1cccc(OCCCN2CC(O)CC2CN(C)C)c1. The number of hydrogen-bond acceptors (Lipinski definition) is 4. The number of hydrogen-bond donors (Lipinski definition) is 1. The quantitative estimate of drug-likeness (QED) is 0.777. The minimum absolute atomic E-state index is 0.173. The summed E-state index contributed by atoms with van der Waals surface area (Å²) in [5, 5.41) is 9.86. The molecule has 2 atom stereocenters. The fraction of sp³-hybridized carbons (Fsp3) is 0.647. The number of aryl methyl sites for hydroxylation is 1. The highest BCUT2D eigenvalue weighted by Gasteiger charge is 2.30. The van der Waals surface area contributed by atoms with Gasteiger partial charge in [-0.3, -0.25) is 4.90 Å². The van der Waals surface area contributed by atoms with Crippen LogP contribution >= 0.6 is 0 Å². The van der Waals surface area contributed by atoms with Crippen LogP contribution in [0.15, 0.2) is 24.3 Å². The van der Waals surface area contributed by atoms with Gasteiger partial charge in [0.2, 0.25) is 0 Å². The van der Waals surface area contributed by atoms with Crippen molar-refractivity contribution in [1.29, 1.82) is 0 Å². The van der Waals surface area contributed by atoms with Gasteiger partial charge in [-0.2, -0.15) is 0 Å². The van der Waals surface area contributed by atoms with E-state index in [1.54, 1.807) is 0 Å². The van der Waals surface area contributed by atoms with Gasteiger partial charge in [-0.1, -0.05) is 12.1 Å². The maximum Gasteiger partial charge on any atom is 0.119 e. The number of likely N-dealkylation sites (tertiary alicyclic amines) is 1. The second-order valence-electron chi connectivity index (χ2n) is 6.32. The number of ether oxygens (including phenoxy) is 1. The molecular weight excluding hydrogens is 264 g/mol. The van der Waals surface area contributed by atoms with Gasteiger partial charge in [0.15, 0.2) is 0 Å². The van der Waals surface area contributed by atoms with Gasteiger partial charge in [0.1, 0.15) is 5.75 Å². The lowest BCUT2D eigenvalue weighted by molar-refractivity contribution is 0.166. The predicted molar refractivity (Wildman–Crippen MR) is 85.8 cm³/mol. The van der Waals surface area contributed by atoms with Crippen molar-refractivity contribution in [3.05, 3.63) is 29.8 Å². The van der Waals surface area contributed by atoms with E-state index in [1.807, 2.05) is 12.1 Å². The second-order valence-corrected chi connectivity index (χ2v) is 6.32. The van der Waals surface area contributed by atoms with Crippen molar-refractivity contribution in [1.82, 2.24) is 9.80 Å². The topological polar surface area (TPSA) is 35.9 Å². The maximum absolute atomic E-state index is 9.86. The molecule has 4 nitrogen and oxygen atoms in total.